The minimum atomic E-state index is -3.61. The smallest absolute Gasteiger partial charge is 0.262 e. The molecule has 1 N–H and O–H groups in total. The minimum Gasteiger partial charge on any atom is -0.380 e. The Bertz CT molecular complexity index is 916. The predicted octanol–water partition coefficient (Wildman–Crippen LogP) is 1.59. The molecule has 9 heteroatoms. The van der Waals surface area contributed by atoms with Gasteiger partial charge in [-0.15, -0.1) is 0 Å². The van der Waals surface area contributed by atoms with E-state index in [9.17, 15) is 12.8 Å². The summed E-state index contributed by atoms with van der Waals surface area (Å²) >= 11 is 0. The van der Waals surface area contributed by atoms with Gasteiger partial charge in [0.25, 0.3) is 10.0 Å². The first-order valence-electron chi connectivity index (χ1n) is 8.51. The van der Waals surface area contributed by atoms with Crippen LogP contribution in [0.4, 0.5) is 10.1 Å². The van der Waals surface area contributed by atoms with Crippen LogP contribution in [0.3, 0.4) is 0 Å². The number of sulfonamides is 1. The number of benzene rings is 1. The summed E-state index contributed by atoms with van der Waals surface area (Å²) in [4.78, 5) is 3.97. The summed E-state index contributed by atoms with van der Waals surface area (Å²) in [6, 6.07) is 6.32. The second kappa shape index (κ2) is 6.33. The highest BCUT2D eigenvalue weighted by Gasteiger charge is 2.49. The van der Waals surface area contributed by atoms with Crippen molar-refractivity contribution in [2.45, 2.75) is 29.5 Å². The lowest BCUT2D eigenvalue weighted by molar-refractivity contribution is 0.0173. The molecule has 140 valence electrons. The lowest BCUT2D eigenvalue weighted by Crippen LogP contribution is -2.36. The Morgan fingerprint density at radius 1 is 1.42 bits per heavy atom. The highest BCUT2D eigenvalue weighted by molar-refractivity contribution is 7.89. The van der Waals surface area contributed by atoms with E-state index in [0.29, 0.717) is 38.2 Å². The van der Waals surface area contributed by atoms with E-state index in [1.54, 1.807) is 23.7 Å². The van der Waals surface area contributed by atoms with E-state index in [1.807, 2.05) is 0 Å². The van der Waals surface area contributed by atoms with Gasteiger partial charge in [-0.1, -0.05) is 6.07 Å². The van der Waals surface area contributed by atoms with Gasteiger partial charge < -0.3 is 14.6 Å². The molecule has 0 aliphatic carbocycles. The molecule has 2 fully saturated rings. The molecular formula is C17H21FN4O3S. The normalized spacial score (nSPS) is 26.6. The van der Waals surface area contributed by atoms with Gasteiger partial charge in [-0.3, -0.25) is 0 Å². The zero-order valence-corrected chi connectivity index (χ0v) is 15.2. The zero-order valence-electron chi connectivity index (χ0n) is 14.4. The van der Waals surface area contributed by atoms with Crippen molar-refractivity contribution in [3.8, 4) is 0 Å². The van der Waals surface area contributed by atoms with Crippen molar-refractivity contribution in [2.75, 3.05) is 25.0 Å². The van der Waals surface area contributed by atoms with Crippen molar-refractivity contribution in [3.63, 3.8) is 0 Å². The van der Waals surface area contributed by atoms with Crippen LogP contribution >= 0.6 is 0 Å². The van der Waals surface area contributed by atoms with Gasteiger partial charge in [0.2, 0.25) is 0 Å². The second-order valence-corrected chi connectivity index (χ2v) is 8.90. The third kappa shape index (κ3) is 3.22. The fraction of sp³-hybridized carbons (Fsp3) is 0.471. The molecule has 3 heterocycles. The maximum absolute atomic E-state index is 13.3. The summed E-state index contributed by atoms with van der Waals surface area (Å²) in [5.74, 6) is -0.294. The minimum absolute atomic E-state index is 0.0225. The Balaban J connectivity index is 1.43. The molecule has 0 bridgehead atoms. The molecule has 0 unspecified atom stereocenters. The van der Waals surface area contributed by atoms with E-state index in [1.165, 1.54) is 29.0 Å². The third-order valence-corrected chi connectivity index (χ3v) is 6.70. The van der Waals surface area contributed by atoms with E-state index in [0.717, 1.165) is 0 Å². The largest absolute Gasteiger partial charge is 0.380 e. The average Bonchev–Trinajstić information content (AvgIpc) is 3.30. The van der Waals surface area contributed by atoms with Crippen molar-refractivity contribution in [3.05, 3.63) is 42.6 Å². The molecule has 1 spiro atoms. The van der Waals surface area contributed by atoms with Crippen LogP contribution in [0.25, 0.3) is 0 Å². The lowest BCUT2D eigenvalue weighted by Gasteiger charge is -2.23. The average molecular weight is 380 g/mol. The number of anilines is 1. The van der Waals surface area contributed by atoms with Crippen LogP contribution in [0, 0.1) is 5.82 Å². The van der Waals surface area contributed by atoms with Crippen molar-refractivity contribution < 1.29 is 17.5 Å². The van der Waals surface area contributed by atoms with E-state index >= 15 is 0 Å². The van der Waals surface area contributed by atoms with Crippen molar-refractivity contribution in [1.82, 2.24) is 13.9 Å². The van der Waals surface area contributed by atoms with Gasteiger partial charge in [0.1, 0.15) is 5.82 Å². The number of nitrogens with one attached hydrogen (secondary N) is 1. The van der Waals surface area contributed by atoms with E-state index in [-0.39, 0.29) is 16.9 Å². The summed E-state index contributed by atoms with van der Waals surface area (Å²) < 4.78 is 47.9. The maximum atomic E-state index is 13.3. The quantitative estimate of drug-likeness (QED) is 0.872. The fourth-order valence-corrected chi connectivity index (χ4v) is 5.18. The maximum Gasteiger partial charge on any atom is 0.262 e. The van der Waals surface area contributed by atoms with Crippen molar-refractivity contribution >= 4 is 15.7 Å². The zero-order chi connectivity index (χ0) is 18.4. The Morgan fingerprint density at radius 3 is 3.00 bits per heavy atom. The van der Waals surface area contributed by atoms with Crippen LogP contribution < -0.4 is 5.32 Å². The number of hydrogen-bond donors (Lipinski definition) is 1. The van der Waals surface area contributed by atoms with E-state index < -0.39 is 15.6 Å². The first-order chi connectivity index (χ1) is 12.4. The molecule has 1 aromatic carbocycles. The van der Waals surface area contributed by atoms with Crippen LogP contribution in [0.1, 0.15) is 12.8 Å². The van der Waals surface area contributed by atoms with Crippen LogP contribution in [-0.4, -0.2) is 53.6 Å². The Hall–Kier alpha value is -1.97. The second-order valence-electron chi connectivity index (χ2n) is 7.02. The Morgan fingerprint density at radius 2 is 2.27 bits per heavy atom. The van der Waals surface area contributed by atoms with Gasteiger partial charge in [0.05, 0.1) is 24.6 Å². The van der Waals surface area contributed by atoms with Gasteiger partial charge in [0.15, 0.2) is 5.03 Å². The third-order valence-electron chi connectivity index (χ3n) is 4.97. The summed E-state index contributed by atoms with van der Waals surface area (Å²) in [5, 5.41) is 3.33. The van der Waals surface area contributed by atoms with Crippen LogP contribution in [0.15, 0.2) is 41.8 Å². The molecule has 2 aliphatic rings. The van der Waals surface area contributed by atoms with E-state index in [2.05, 4.69) is 10.3 Å². The van der Waals surface area contributed by atoms with Gasteiger partial charge in [0, 0.05) is 38.4 Å². The lowest BCUT2D eigenvalue weighted by atomic mass is 9.97. The topological polar surface area (TPSA) is 76.5 Å². The number of ether oxygens (including phenoxy) is 1. The first-order valence-corrected chi connectivity index (χ1v) is 9.95. The number of aryl methyl sites for hydroxylation is 1. The standard InChI is InChI=1S/C17H21FN4O3S/c1-21-9-16(19-12-21)26(23,24)22-6-5-17(11-22)8-15(10-25-17)20-14-4-2-3-13(18)7-14/h2-4,7,9,12,15,20H,5-6,8,10-11H2,1H3/t15-,17+/m0/s1. The predicted molar refractivity (Wildman–Crippen MR) is 93.7 cm³/mol. The number of imidazole rings is 1. The molecule has 2 aromatic rings. The Kier molecular flexibility index (Phi) is 4.25. The van der Waals surface area contributed by atoms with Gasteiger partial charge in [-0.05, 0) is 24.6 Å². The number of nitrogens with zero attached hydrogens (tertiary/aromatic N) is 3. The Labute approximate surface area is 151 Å². The summed E-state index contributed by atoms with van der Waals surface area (Å²) in [5.41, 5.74) is 0.207. The highest BCUT2D eigenvalue weighted by Crippen LogP contribution is 2.38. The molecule has 26 heavy (non-hydrogen) atoms. The van der Waals surface area contributed by atoms with Gasteiger partial charge in [-0.25, -0.2) is 17.8 Å². The summed E-state index contributed by atoms with van der Waals surface area (Å²) in [6.45, 7) is 1.19. The van der Waals surface area contributed by atoms with Crippen LogP contribution in [-0.2, 0) is 21.8 Å². The van der Waals surface area contributed by atoms with Crippen molar-refractivity contribution in [1.29, 1.82) is 0 Å². The first kappa shape index (κ1) is 17.4. The van der Waals surface area contributed by atoms with Gasteiger partial charge in [-0.2, -0.15) is 4.31 Å². The molecule has 0 amide bonds. The molecule has 1 aromatic heterocycles. The molecular weight excluding hydrogens is 359 g/mol. The summed E-state index contributed by atoms with van der Waals surface area (Å²) in [6.07, 6.45) is 4.30. The highest BCUT2D eigenvalue weighted by atomic mass is 32.2. The number of rotatable bonds is 4. The fourth-order valence-electron chi connectivity index (χ4n) is 3.70. The molecule has 2 aliphatic heterocycles. The molecule has 7 nitrogen and oxygen atoms in total. The van der Waals surface area contributed by atoms with Crippen molar-refractivity contribution in [2.24, 2.45) is 7.05 Å². The number of aromatic nitrogens is 2. The number of hydrogen-bond acceptors (Lipinski definition) is 5. The molecule has 2 saturated heterocycles. The summed E-state index contributed by atoms with van der Waals surface area (Å²) in [7, 11) is -1.88. The monoisotopic (exact) mass is 380 g/mol. The molecule has 2 atom stereocenters. The molecule has 0 saturated carbocycles. The van der Waals surface area contributed by atoms with Crippen LogP contribution in [0.5, 0.6) is 0 Å². The van der Waals surface area contributed by atoms with Crippen LogP contribution in [0.2, 0.25) is 0 Å². The van der Waals surface area contributed by atoms with Gasteiger partial charge >= 0.3 is 0 Å². The number of halogens is 1. The SMILES string of the molecule is Cn1cnc(S(=O)(=O)N2CC[C@@]3(C[C@H](Nc4cccc(F)c4)CO3)C2)c1. The molecule has 4 rings (SSSR count). The van der Waals surface area contributed by atoms with E-state index in [4.69, 9.17) is 4.74 Å². The molecule has 0 radical (unpaired) electrons.